The average molecular weight is 219 g/mol. The molecule has 0 aliphatic heterocycles. The fourth-order valence-corrected chi connectivity index (χ4v) is 1.88. The van der Waals surface area contributed by atoms with Crippen molar-refractivity contribution in [2.24, 2.45) is 0 Å². The zero-order chi connectivity index (χ0) is 12.5. The van der Waals surface area contributed by atoms with Gasteiger partial charge in [-0.1, -0.05) is 6.07 Å². The molecular formula is C14H21NO. The quantitative estimate of drug-likeness (QED) is 0.749. The number of aryl methyl sites for hydroxylation is 2. The number of hydrogen-bond donors (Lipinski definition) is 0. The summed E-state index contributed by atoms with van der Waals surface area (Å²) < 4.78 is 0. The zero-order valence-corrected chi connectivity index (χ0v) is 11.1. The SMILES string of the molecule is CC(=O)N(C)Cc1c(C)c(C)cc(C)c1C. The second-order valence-electron chi connectivity index (χ2n) is 4.61. The summed E-state index contributed by atoms with van der Waals surface area (Å²) in [6, 6.07) is 2.21. The first-order valence-electron chi connectivity index (χ1n) is 5.62. The maximum atomic E-state index is 11.3. The van der Waals surface area contributed by atoms with Gasteiger partial charge in [-0.2, -0.15) is 0 Å². The number of hydrogen-bond acceptors (Lipinski definition) is 1. The van der Waals surface area contributed by atoms with Crippen LogP contribution in [-0.2, 0) is 11.3 Å². The molecule has 0 spiro atoms. The molecule has 0 saturated heterocycles. The zero-order valence-electron chi connectivity index (χ0n) is 11.1. The molecule has 1 rings (SSSR count). The molecule has 1 aromatic rings. The number of carbonyl (C=O) groups is 1. The lowest BCUT2D eigenvalue weighted by Crippen LogP contribution is -2.24. The third-order valence-electron chi connectivity index (χ3n) is 3.45. The summed E-state index contributed by atoms with van der Waals surface area (Å²) in [5.74, 6) is 0.109. The van der Waals surface area contributed by atoms with Crippen LogP contribution in [0.5, 0.6) is 0 Å². The fraction of sp³-hybridized carbons (Fsp3) is 0.500. The van der Waals surface area contributed by atoms with Gasteiger partial charge in [-0.05, 0) is 55.5 Å². The van der Waals surface area contributed by atoms with Crippen LogP contribution < -0.4 is 0 Å². The maximum Gasteiger partial charge on any atom is 0.219 e. The number of benzene rings is 1. The highest BCUT2D eigenvalue weighted by Gasteiger charge is 2.11. The molecule has 2 nitrogen and oxygen atoms in total. The highest BCUT2D eigenvalue weighted by atomic mass is 16.2. The predicted octanol–water partition coefficient (Wildman–Crippen LogP) is 2.90. The first-order chi connectivity index (χ1) is 7.34. The van der Waals surface area contributed by atoms with Crippen LogP contribution in [0.15, 0.2) is 6.07 Å². The van der Waals surface area contributed by atoms with Crippen molar-refractivity contribution in [3.63, 3.8) is 0 Å². The van der Waals surface area contributed by atoms with E-state index in [2.05, 4.69) is 33.8 Å². The molecular weight excluding hydrogens is 198 g/mol. The summed E-state index contributed by atoms with van der Waals surface area (Å²) in [5.41, 5.74) is 6.49. The van der Waals surface area contributed by atoms with Gasteiger partial charge in [-0.3, -0.25) is 4.79 Å². The van der Waals surface area contributed by atoms with E-state index in [1.54, 1.807) is 11.8 Å². The second-order valence-corrected chi connectivity index (χ2v) is 4.61. The normalized spacial score (nSPS) is 10.4. The molecule has 1 aromatic carbocycles. The Kier molecular flexibility index (Phi) is 3.74. The Bertz CT molecular complexity index is 395. The van der Waals surface area contributed by atoms with Gasteiger partial charge in [0, 0.05) is 20.5 Å². The molecule has 2 heteroatoms. The molecule has 0 N–H and O–H groups in total. The fourth-order valence-electron chi connectivity index (χ4n) is 1.88. The molecule has 16 heavy (non-hydrogen) atoms. The minimum atomic E-state index is 0.109. The lowest BCUT2D eigenvalue weighted by Gasteiger charge is -2.21. The highest BCUT2D eigenvalue weighted by Crippen LogP contribution is 2.22. The lowest BCUT2D eigenvalue weighted by molar-refractivity contribution is -0.128. The molecule has 1 amide bonds. The Balaban J connectivity index is 3.17. The van der Waals surface area contributed by atoms with Crippen molar-refractivity contribution in [2.45, 2.75) is 41.2 Å². The van der Waals surface area contributed by atoms with E-state index in [0.29, 0.717) is 6.54 Å². The Labute approximate surface area is 98.3 Å². The summed E-state index contributed by atoms with van der Waals surface area (Å²) >= 11 is 0. The van der Waals surface area contributed by atoms with Crippen LogP contribution in [-0.4, -0.2) is 17.9 Å². The minimum Gasteiger partial charge on any atom is -0.342 e. The van der Waals surface area contributed by atoms with Crippen LogP contribution >= 0.6 is 0 Å². The van der Waals surface area contributed by atoms with Gasteiger partial charge in [0.2, 0.25) is 5.91 Å². The standard InChI is InChI=1S/C14H21NO/c1-9-7-10(2)12(4)14(11(9)3)8-15(6)13(5)16/h7H,8H2,1-6H3. The van der Waals surface area contributed by atoms with Gasteiger partial charge in [-0.25, -0.2) is 0 Å². The van der Waals surface area contributed by atoms with E-state index in [-0.39, 0.29) is 5.91 Å². The number of carbonyl (C=O) groups excluding carboxylic acids is 1. The van der Waals surface area contributed by atoms with Crippen molar-refractivity contribution in [3.05, 3.63) is 33.9 Å². The minimum absolute atomic E-state index is 0.109. The second kappa shape index (κ2) is 4.69. The van der Waals surface area contributed by atoms with Crippen LogP contribution in [0.25, 0.3) is 0 Å². The molecule has 0 radical (unpaired) electrons. The van der Waals surface area contributed by atoms with E-state index in [4.69, 9.17) is 0 Å². The van der Waals surface area contributed by atoms with Crippen LogP contribution in [0.2, 0.25) is 0 Å². The van der Waals surface area contributed by atoms with Gasteiger partial charge in [0.05, 0.1) is 0 Å². The van der Waals surface area contributed by atoms with Crippen LogP contribution in [0, 0.1) is 27.7 Å². The average Bonchev–Trinajstić information content (AvgIpc) is 2.21. The Morgan fingerprint density at radius 3 is 1.94 bits per heavy atom. The van der Waals surface area contributed by atoms with E-state index >= 15 is 0 Å². The number of rotatable bonds is 2. The molecule has 0 atom stereocenters. The predicted molar refractivity (Wildman–Crippen MR) is 67.5 cm³/mol. The Hall–Kier alpha value is -1.31. The number of amides is 1. The molecule has 0 unspecified atom stereocenters. The summed E-state index contributed by atoms with van der Waals surface area (Å²) in [4.78, 5) is 13.0. The van der Waals surface area contributed by atoms with Gasteiger partial charge < -0.3 is 4.90 Å². The smallest absolute Gasteiger partial charge is 0.219 e. The summed E-state index contributed by atoms with van der Waals surface area (Å²) in [7, 11) is 1.85. The van der Waals surface area contributed by atoms with Gasteiger partial charge in [0.1, 0.15) is 0 Å². The van der Waals surface area contributed by atoms with Crippen molar-refractivity contribution in [1.82, 2.24) is 4.90 Å². The van der Waals surface area contributed by atoms with E-state index in [1.807, 2.05) is 7.05 Å². The van der Waals surface area contributed by atoms with Gasteiger partial charge in [0.15, 0.2) is 0 Å². The Morgan fingerprint density at radius 1 is 1.12 bits per heavy atom. The van der Waals surface area contributed by atoms with E-state index in [9.17, 15) is 4.79 Å². The Morgan fingerprint density at radius 2 is 1.56 bits per heavy atom. The number of nitrogens with zero attached hydrogens (tertiary/aromatic N) is 1. The van der Waals surface area contributed by atoms with Crippen molar-refractivity contribution >= 4 is 5.91 Å². The molecule has 88 valence electrons. The molecule has 0 heterocycles. The maximum absolute atomic E-state index is 11.3. The lowest BCUT2D eigenvalue weighted by atomic mass is 9.94. The topological polar surface area (TPSA) is 20.3 Å². The molecule has 0 aliphatic rings. The van der Waals surface area contributed by atoms with Crippen molar-refractivity contribution in [3.8, 4) is 0 Å². The van der Waals surface area contributed by atoms with Gasteiger partial charge in [0.25, 0.3) is 0 Å². The van der Waals surface area contributed by atoms with E-state index in [0.717, 1.165) is 0 Å². The summed E-state index contributed by atoms with van der Waals surface area (Å²) in [6.07, 6.45) is 0. The van der Waals surface area contributed by atoms with Crippen LogP contribution in [0.3, 0.4) is 0 Å². The van der Waals surface area contributed by atoms with Crippen LogP contribution in [0.4, 0.5) is 0 Å². The summed E-state index contributed by atoms with van der Waals surface area (Å²) in [5, 5.41) is 0. The first kappa shape index (κ1) is 12.8. The van der Waals surface area contributed by atoms with Crippen molar-refractivity contribution in [2.75, 3.05) is 7.05 Å². The molecule has 0 bridgehead atoms. The van der Waals surface area contributed by atoms with Gasteiger partial charge in [-0.15, -0.1) is 0 Å². The molecule has 0 saturated carbocycles. The first-order valence-corrected chi connectivity index (χ1v) is 5.62. The van der Waals surface area contributed by atoms with Crippen molar-refractivity contribution < 1.29 is 4.79 Å². The molecule has 0 fully saturated rings. The third-order valence-corrected chi connectivity index (χ3v) is 3.45. The monoisotopic (exact) mass is 219 g/mol. The van der Waals surface area contributed by atoms with Crippen LogP contribution in [0.1, 0.15) is 34.7 Å². The largest absolute Gasteiger partial charge is 0.342 e. The van der Waals surface area contributed by atoms with E-state index < -0.39 is 0 Å². The van der Waals surface area contributed by atoms with Crippen molar-refractivity contribution in [1.29, 1.82) is 0 Å². The highest BCUT2D eigenvalue weighted by molar-refractivity contribution is 5.73. The molecule has 0 aliphatic carbocycles. The third kappa shape index (κ3) is 2.43. The molecule has 0 aromatic heterocycles. The van der Waals surface area contributed by atoms with Gasteiger partial charge >= 0.3 is 0 Å². The van der Waals surface area contributed by atoms with E-state index in [1.165, 1.54) is 27.8 Å². The summed E-state index contributed by atoms with van der Waals surface area (Å²) in [6.45, 7) is 10.8.